The van der Waals surface area contributed by atoms with E-state index in [1.165, 1.54) is 11.1 Å². The Morgan fingerprint density at radius 3 is 3.00 bits per heavy atom. The first-order valence-corrected chi connectivity index (χ1v) is 8.11. The lowest BCUT2D eigenvalue weighted by atomic mass is 9.95. The van der Waals surface area contributed by atoms with Crippen molar-refractivity contribution in [3.05, 3.63) is 33.8 Å². The topological polar surface area (TPSA) is 66.4 Å². The van der Waals surface area contributed by atoms with Gasteiger partial charge in [0.25, 0.3) is 0 Å². The van der Waals surface area contributed by atoms with Crippen LogP contribution >= 0.6 is 15.9 Å². The summed E-state index contributed by atoms with van der Waals surface area (Å²) in [6.07, 6.45) is 3.60. The summed E-state index contributed by atoms with van der Waals surface area (Å²) < 4.78 is 1.09. The molecule has 1 amide bonds. The zero-order valence-corrected chi connectivity index (χ0v) is 13.3. The van der Waals surface area contributed by atoms with Crippen LogP contribution < -0.4 is 5.32 Å². The van der Waals surface area contributed by atoms with Gasteiger partial charge in [-0.1, -0.05) is 22.0 Å². The zero-order chi connectivity index (χ0) is 15.0. The number of rotatable bonds is 5. The van der Waals surface area contributed by atoms with Gasteiger partial charge in [-0.05, 0) is 48.9 Å². The van der Waals surface area contributed by atoms with Crippen molar-refractivity contribution in [2.75, 3.05) is 6.54 Å². The predicted octanol–water partition coefficient (Wildman–Crippen LogP) is 2.63. The minimum absolute atomic E-state index is 0.0485. The third-order valence-electron chi connectivity index (χ3n) is 4.70. The first-order valence-electron chi connectivity index (χ1n) is 7.31. The molecule has 1 fully saturated rings. The van der Waals surface area contributed by atoms with Crippen LogP contribution in [0.4, 0.5) is 0 Å². The van der Waals surface area contributed by atoms with Crippen molar-refractivity contribution in [2.24, 2.45) is 5.92 Å². The number of carbonyl (C=O) groups excluding carboxylic acids is 1. The lowest BCUT2D eigenvalue weighted by molar-refractivity contribution is -0.137. The molecule has 3 rings (SSSR count). The molecule has 1 aromatic carbocycles. The minimum Gasteiger partial charge on any atom is -0.481 e. The van der Waals surface area contributed by atoms with E-state index in [4.69, 9.17) is 5.11 Å². The smallest absolute Gasteiger partial charge is 0.303 e. The number of benzene rings is 1. The summed E-state index contributed by atoms with van der Waals surface area (Å²) in [6.45, 7) is 0.449. The van der Waals surface area contributed by atoms with E-state index in [9.17, 15) is 9.59 Å². The van der Waals surface area contributed by atoms with Crippen molar-refractivity contribution in [2.45, 2.75) is 37.5 Å². The Morgan fingerprint density at radius 2 is 2.24 bits per heavy atom. The monoisotopic (exact) mass is 351 g/mol. The predicted molar refractivity (Wildman–Crippen MR) is 82.1 cm³/mol. The summed E-state index contributed by atoms with van der Waals surface area (Å²) in [6, 6.07) is 6.35. The van der Waals surface area contributed by atoms with Crippen LogP contribution in [-0.2, 0) is 21.4 Å². The number of carboxylic acid groups (broad SMARTS) is 1. The molecule has 0 aliphatic heterocycles. The fraction of sp³-hybridized carbons (Fsp3) is 0.500. The Bertz CT molecular complexity index is 601. The van der Waals surface area contributed by atoms with Gasteiger partial charge in [0.2, 0.25) is 5.91 Å². The van der Waals surface area contributed by atoms with Crippen LogP contribution in [0.2, 0.25) is 0 Å². The molecular formula is C16H18BrNO3. The molecular weight excluding hydrogens is 334 g/mol. The third kappa shape index (κ3) is 2.71. The van der Waals surface area contributed by atoms with Gasteiger partial charge in [0, 0.05) is 28.8 Å². The van der Waals surface area contributed by atoms with Crippen molar-refractivity contribution in [1.29, 1.82) is 0 Å². The van der Waals surface area contributed by atoms with E-state index >= 15 is 0 Å². The van der Waals surface area contributed by atoms with Crippen LogP contribution in [0.15, 0.2) is 22.7 Å². The van der Waals surface area contributed by atoms with Crippen LogP contribution in [0, 0.1) is 5.92 Å². The maximum atomic E-state index is 12.2. The first kappa shape index (κ1) is 14.6. The molecule has 1 spiro atoms. The van der Waals surface area contributed by atoms with E-state index in [-0.39, 0.29) is 23.7 Å². The fourth-order valence-corrected chi connectivity index (χ4v) is 3.95. The van der Waals surface area contributed by atoms with Gasteiger partial charge in [-0.25, -0.2) is 0 Å². The van der Waals surface area contributed by atoms with E-state index in [2.05, 4.69) is 33.4 Å². The highest BCUT2D eigenvalue weighted by Gasteiger charge is 2.61. The molecule has 4 nitrogen and oxygen atoms in total. The Labute approximate surface area is 132 Å². The SMILES string of the molecule is O=C(O)CCCNC(=O)C1CC12CCc1cc(Br)ccc12. The van der Waals surface area contributed by atoms with Crippen molar-refractivity contribution in [3.8, 4) is 0 Å². The summed E-state index contributed by atoms with van der Waals surface area (Å²) in [4.78, 5) is 22.7. The average molecular weight is 352 g/mol. The van der Waals surface area contributed by atoms with E-state index in [0.717, 1.165) is 23.7 Å². The summed E-state index contributed by atoms with van der Waals surface area (Å²) in [5.74, 6) is -0.677. The fourth-order valence-electron chi connectivity index (χ4n) is 3.54. The number of amides is 1. The van der Waals surface area contributed by atoms with Crippen molar-refractivity contribution in [1.82, 2.24) is 5.32 Å². The second-order valence-electron chi connectivity index (χ2n) is 6.00. The molecule has 0 radical (unpaired) electrons. The Hall–Kier alpha value is -1.36. The van der Waals surface area contributed by atoms with Crippen LogP contribution in [0.5, 0.6) is 0 Å². The summed E-state index contributed by atoms with van der Waals surface area (Å²) in [5.41, 5.74) is 2.73. The number of carbonyl (C=O) groups is 2. The maximum Gasteiger partial charge on any atom is 0.303 e. The first-order chi connectivity index (χ1) is 10.0. The molecule has 5 heteroatoms. The van der Waals surface area contributed by atoms with Crippen molar-refractivity contribution >= 4 is 27.8 Å². The minimum atomic E-state index is -0.817. The van der Waals surface area contributed by atoms with Gasteiger partial charge in [0.1, 0.15) is 0 Å². The Kier molecular flexibility index (Phi) is 3.78. The van der Waals surface area contributed by atoms with E-state index in [1.54, 1.807) is 0 Å². The number of aliphatic carboxylic acids is 1. The van der Waals surface area contributed by atoms with E-state index < -0.39 is 5.97 Å². The third-order valence-corrected chi connectivity index (χ3v) is 5.20. The average Bonchev–Trinajstić information content (AvgIpc) is 3.06. The molecule has 0 saturated heterocycles. The van der Waals surface area contributed by atoms with Gasteiger partial charge in [-0.15, -0.1) is 0 Å². The molecule has 0 bridgehead atoms. The van der Waals surface area contributed by atoms with Gasteiger partial charge in [0.15, 0.2) is 0 Å². The molecule has 21 heavy (non-hydrogen) atoms. The second-order valence-corrected chi connectivity index (χ2v) is 6.92. The van der Waals surface area contributed by atoms with E-state index in [0.29, 0.717) is 13.0 Å². The maximum absolute atomic E-state index is 12.2. The number of hydrogen-bond donors (Lipinski definition) is 2. The second kappa shape index (κ2) is 5.44. The Balaban J connectivity index is 1.59. The molecule has 112 valence electrons. The molecule has 0 aromatic heterocycles. The highest BCUT2D eigenvalue weighted by atomic mass is 79.9. The summed E-state index contributed by atoms with van der Waals surface area (Å²) >= 11 is 3.49. The zero-order valence-electron chi connectivity index (χ0n) is 11.7. The molecule has 2 aliphatic carbocycles. The Morgan fingerprint density at radius 1 is 1.43 bits per heavy atom. The molecule has 2 unspecified atom stereocenters. The molecule has 1 saturated carbocycles. The van der Waals surface area contributed by atoms with Gasteiger partial charge in [-0.3, -0.25) is 9.59 Å². The summed E-state index contributed by atoms with van der Waals surface area (Å²) in [5, 5.41) is 11.5. The molecule has 2 atom stereocenters. The standard InChI is InChI=1S/C16H18BrNO3/c17-11-3-4-12-10(8-11)5-6-16(12)9-13(16)15(21)18-7-1-2-14(19)20/h3-4,8,13H,1-2,5-7,9H2,(H,18,21)(H,19,20). The lowest BCUT2D eigenvalue weighted by Gasteiger charge is -2.12. The quantitative estimate of drug-likeness (QED) is 0.801. The molecule has 1 aromatic rings. The lowest BCUT2D eigenvalue weighted by Crippen LogP contribution is -2.29. The van der Waals surface area contributed by atoms with Gasteiger partial charge >= 0.3 is 5.97 Å². The van der Waals surface area contributed by atoms with Gasteiger partial charge in [0.05, 0.1) is 0 Å². The van der Waals surface area contributed by atoms with Crippen LogP contribution in [0.25, 0.3) is 0 Å². The number of fused-ring (bicyclic) bond motifs is 2. The molecule has 0 heterocycles. The number of aryl methyl sites for hydroxylation is 1. The van der Waals surface area contributed by atoms with Gasteiger partial charge < -0.3 is 10.4 Å². The highest BCUT2D eigenvalue weighted by Crippen LogP contribution is 2.61. The highest BCUT2D eigenvalue weighted by molar-refractivity contribution is 9.10. The van der Waals surface area contributed by atoms with Crippen LogP contribution in [0.3, 0.4) is 0 Å². The van der Waals surface area contributed by atoms with Crippen LogP contribution in [-0.4, -0.2) is 23.5 Å². The largest absolute Gasteiger partial charge is 0.481 e. The van der Waals surface area contributed by atoms with E-state index in [1.807, 2.05) is 6.07 Å². The van der Waals surface area contributed by atoms with Crippen molar-refractivity contribution < 1.29 is 14.7 Å². The molecule has 2 aliphatic rings. The van der Waals surface area contributed by atoms with Crippen LogP contribution in [0.1, 0.15) is 36.8 Å². The van der Waals surface area contributed by atoms with Gasteiger partial charge in [-0.2, -0.15) is 0 Å². The number of halogens is 1. The number of hydrogen-bond acceptors (Lipinski definition) is 2. The molecule has 2 N–H and O–H groups in total. The number of carboxylic acids is 1. The summed E-state index contributed by atoms with van der Waals surface area (Å²) in [7, 11) is 0. The van der Waals surface area contributed by atoms with Crippen molar-refractivity contribution in [3.63, 3.8) is 0 Å². The number of nitrogens with one attached hydrogen (secondary N) is 1. The normalized spacial score (nSPS) is 25.7.